The molecule has 0 atom stereocenters. The number of carbonyl (C=O) groups excluding carboxylic acids is 1. The Kier molecular flexibility index (Phi) is 5.25. The third-order valence-corrected chi connectivity index (χ3v) is 4.27. The number of rotatable bonds is 4. The van der Waals surface area contributed by atoms with Crippen LogP contribution >= 0.6 is 23.2 Å². The van der Waals surface area contributed by atoms with Crippen LogP contribution in [0, 0.1) is 0 Å². The summed E-state index contributed by atoms with van der Waals surface area (Å²) >= 11 is 12.3. The van der Waals surface area contributed by atoms with Crippen LogP contribution in [-0.4, -0.2) is 15.7 Å². The number of aryl methyl sites for hydroxylation is 1. The first kappa shape index (κ1) is 18.4. The minimum absolute atomic E-state index is 0.192. The predicted octanol–water partition coefficient (Wildman–Crippen LogP) is 5.58. The molecule has 1 heterocycles. The Bertz CT molecular complexity index is 973. The van der Waals surface area contributed by atoms with Gasteiger partial charge in [-0.25, -0.2) is 8.78 Å². The lowest BCUT2D eigenvalue weighted by Gasteiger charge is -2.13. The van der Waals surface area contributed by atoms with Gasteiger partial charge in [0.05, 0.1) is 5.56 Å². The molecule has 1 amide bonds. The molecule has 1 N–H and O–H groups in total. The van der Waals surface area contributed by atoms with Crippen molar-refractivity contribution in [2.45, 2.75) is 6.43 Å². The van der Waals surface area contributed by atoms with Gasteiger partial charge >= 0.3 is 0 Å². The van der Waals surface area contributed by atoms with Gasteiger partial charge in [0.1, 0.15) is 5.69 Å². The summed E-state index contributed by atoms with van der Waals surface area (Å²) < 4.78 is 27.4. The number of nitrogens with zero attached hydrogens (tertiary/aromatic N) is 2. The molecule has 0 aliphatic heterocycles. The standard InChI is InChI=1S/C18H13Cl2F2N3O/c1-25-9-13(16(24-25)17(21)22)18(26)23-15-7-6-10(19)8-12(15)11-4-2-3-5-14(11)20/h2-9,17H,1H3,(H,23,26). The SMILES string of the molecule is Cn1cc(C(=O)Nc2ccc(Cl)cc2-c2ccccc2Cl)c(C(F)F)n1. The van der Waals surface area contributed by atoms with Crippen LogP contribution in [0.2, 0.25) is 10.0 Å². The fraction of sp³-hybridized carbons (Fsp3) is 0.111. The molecular formula is C18H13Cl2F2N3O. The van der Waals surface area contributed by atoms with Gasteiger partial charge in [0, 0.05) is 40.1 Å². The number of halogens is 4. The van der Waals surface area contributed by atoms with Crippen LogP contribution in [0.15, 0.2) is 48.7 Å². The van der Waals surface area contributed by atoms with Crippen LogP contribution in [0.25, 0.3) is 11.1 Å². The monoisotopic (exact) mass is 395 g/mol. The fourth-order valence-corrected chi connectivity index (χ4v) is 2.97. The number of carbonyl (C=O) groups is 1. The molecule has 0 saturated heterocycles. The van der Waals surface area contributed by atoms with E-state index < -0.39 is 18.0 Å². The largest absolute Gasteiger partial charge is 0.321 e. The van der Waals surface area contributed by atoms with E-state index in [0.29, 0.717) is 26.9 Å². The van der Waals surface area contributed by atoms with E-state index in [4.69, 9.17) is 23.2 Å². The number of hydrogen-bond acceptors (Lipinski definition) is 2. The van der Waals surface area contributed by atoms with Gasteiger partial charge in [0.2, 0.25) is 0 Å². The zero-order valence-electron chi connectivity index (χ0n) is 13.5. The highest BCUT2D eigenvalue weighted by atomic mass is 35.5. The summed E-state index contributed by atoms with van der Waals surface area (Å²) in [6.07, 6.45) is -1.60. The second kappa shape index (κ2) is 7.43. The molecule has 0 unspecified atom stereocenters. The summed E-state index contributed by atoms with van der Waals surface area (Å²) in [5.74, 6) is -0.691. The van der Waals surface area contributed by atoms with Gasteiger partial charge in [-0.1, -0.05) is 41.4 Å². The molecule has 4 nitrogen and oxygen atoms in total. The molecule has 0 bridgehead atoms. The molecule has 26 heavy (non-hydrogen) atoms. The minimum atomic E-state index is -2.86. The van der Waals surface area contributed by atoms with Crippen molar-refractivity contribution in [2.75, 3.05) is 5.32 Å². The van der Waals surface area contributed by atoms with Crippen molar-refractivity contribution in [3.05, 3.63) is 70.0 Å². The number of hydrogen-bond donors (Lipinski definition) is 1. The quantitative estimate of drug-likeness (QED) is 0.626. The summed E-state index contributed by atoms with van der Waals surface area (Å²) in [5.41, 5.74) is 0.878. The Balaban J connectivity index is 2.01. The Hall–Kier alpha value is -2.44. The van der Waals surface area contributed by atoms with E-state index in [2.05, 4.69) is 10.4 Å². The van der Waals surface area contributed by atoms with Crippen LogP contribution < -0.4 is 5.32 Å². The van der Waals surface area contributed by atoms with E-state index in [-0.39, 0.29) is 5.56 Å². The van der Waals surface area contributed by atoms with Crippen molar-refractivity contribution < 1.29 is 13.6 Å². The van der Waals surface area contributed by atoms with E-state index in [9.17, 15) is 13.6 Å². The molecule has 134 valence electrons. The molecule has 0 spiro atoms. The molecular weight excluding hydrogens is 383 g/mol. The average molecular weight is 396 g/mol. The van der Waals surface area contributed by atoms with Gasteiger partial charge in [-0.05, 0) is 24.3 Å². The lowest BCUT2D eigenvalue weighted by atomic mass is 10.0. The van der Waals surface area contributed by atoms with Gasteiger partial charge in [0.15, 0.2) is 0 Å². The molecule has 0 aliphatic carbocycles. The van der Waals surface area contributed by atoms with Gasteiger partial charge in [-0.15, -0.1) is 0 Å². The van der Waals surface area contributed by atoms with Gasteiger partial charge < -0.3 is 5.32 Å². The first-order valence-electron chi connectivity index (χ1n) is 7.54. The molecule has 0 radical (unpaired) electrons. The molecule has 8 heteroatoms. The summed E-state index contributed by atoms with van der Waals surface area (Å²) in [4.78, 5) is 12.5. The van der Waals surface area contributed by atoms with Crippen LogP contribution in [0.3, 0.4) is 0 Å². The second-order valence-corrected chi connectivity index (χ2v) is 6.37. The zero-order valence-corrected chi connectivity index (χ0v) is 15.0. The number of nitrogens with one attached hydrogen (secondary N) is 1. The summed E-state index contributed by atoms with van der Waals surface area (Å²) in [5, 5.41) is 7.21. The number of aromatic nitrogens is 2. The van der Waals surface area contributed by atoms with E-state index in [1.807, 2.05) is 0 Å². The first-order valence-corrected chi connectivity index (χ1v) is 8.30. The van der Waals surface area contributed by atoms with Crippen molar-refractivity contribution >= 4 is 34.8 Å². The topological polar surface area (TPSA) is 46.9 Å². The van der Waals surface area contributed by atoms with Gasteiger partial charge in [-0.3, -0.25) is 9.48 Å². The Labute approximate surface area is 158 Å². The summed E-state index contributed by atoms with van der Waals surface area (Å²) in [6.45, 7) is 0. The number of benzene rings is 2. The van der Waals surface area contributed by atoms with Crippen molar-refractivity contribution in [3.8, 4) is 11.1 Å². The second-order valence-electron chi connectivity index (χ2n) is 5.53. The Morgan fingerprint density at radius 3 is 2.58 bits per heavy atom. The van der Waals surface area contributed by atoms with E-state index in [1.54, 1.807) is 42.5 Å². The summed E-state index contributed by atoms with van der Waals surface area (Å²) in [7, 11) is 1.47. The molecule has 3 aromatic rings. The molecule has 3 rings (SSSR count). The van der Waals surface area contributed by atoms with Crippen molar-refractivity contribution in [1.29, 1.82) is 0 Å². The zero-order chi connectivity index (χ0) is 18.8. The van der Waals surface area contributed by atoms with E-state index >= 15 is 0 Å². The molecule has 0 aliphatic rings. The minimum Gasteiger partial charge on any atom is -0.321 e. The summed E-state index contributed by atoms with van der Waals surface area (Å²) in [6, 6.07) is 11.9. The molecule has 2 aromatic carbocycles. The van der Waals surface area contributed by atoms with Crippen LogP contribution in [-0.2, 0) is 7.05 Å². The number of alkyl halides is 2. The highest BCUT2D eigenvalue weighted by Crippen LogP contribution is 2.35. The van der Waals surface area contributed by atoms with Gasteiger partial charge in [0.25, 0.3) is 12.3 Å². The third kappa shape index (κ3) is 3.71. The first-order chi connectivity index (χ1) is 12.4. The Morgan fingerprint density at radius 1 is 1.15 bits per heavy atom. The van der Waals surface area contributed by atoms with Crippen molar-refractivity contribution in [2.24, 2.45) is 7.05 Å². The maximum absolute atomic E-state index is 13.1. The molecule has 0 saturated carbocycles. The smallest absolute Gasteiger partial charge is 0.282 e. The highest BCUT2D eigenvalue weighted by molar-refractivity contribution is 6.34. The van der Waals surface area contributed by atoms with Crippen molar-refractivity contribution in [3.63, 3.8) is 0 Å². The van der Waals surface area contributed by atoms with E-state index in [0.717, 1.165) is 0 Å². The maximum atomic E-state index is 13.1. The third-order valence-electron chi connectivity index (χ3n) is 3.70. The van der Waals surface area contributed by atoms with Crippen LogP contribution in [0.1, 0.15) is 22.5 Å². The van der Waals surface area contributed by atoms with E-state index in [1.165, 1.54) is 17.9 Å². The highest BCUT2D eigenvalue weighted by Gasteiger charge is 2.23. The average Bonchev–Trinajstić information content (AvgIpc) is 2.99. The lowest BCUT2D eigenvalue weighted by molar-refractivity contribution is 0.101. The van der Waals surface area contributed by atoms with Crippen LogP contribution in [0.5, 0.6) is 0 Å². The van der Waals surface area contributed by atoms with Crippen molar-refractivity contribution in [1.82, 2.24) is 9.78 Å². The number of anilines is 1. The molecule has 1 aromatic heterocycles. The predicted molar refractivity (Wildman–Crippen MR) is 98.0 cm³/mol. The lowest BCUT2D eigenvalue weighted by Crippen LogP contribution is -2.14. The van der Waals surface area contributed by atoms with Crippen LogP contribution in [0.4, 0.5) is 14.5 Å². The Morgan fingerprint density at radius 2 is 1.88 bits per heavy atom. The molecule has 0 fully saturated rings. The number of amides is 1. The normalized spacial score (nSPS) is 11.0. The maximum Gasteiger partial charge on any atom is 0.282 e. The van der Waals surface area contributed by atoms with Gasteiger partial charge in [-0.2, -0.15) is 5.10 Å². The fourth-order valence-electron chi connectivity index (χ4n) is 2.56.